The smallest absolute Gasteiger partial charge is 0.133 e. The number of allylic oxidation sites excluding steroid dienone is 4. The molecule has 0 spiro atoms. The standard InChI is InChI=1S/C12H11ClFN/c13-11-4-2-1-3-9(11)10-6-5-8(15)7-12(10)14/h3-7H,1-2,15H2. The molecule has 78 valence electrons. The summed E-state index contributed by atoms with van der Waals surface area (Å²) in [7, 11) is 0. The molecule has 2 rings (SSSR count). The highest BCUT2D eigenvalue weighted by molar-refractivity contribution is 6.37. The number of hydrogen-bond donors (Lipinski definition) is 1. The molecule has 0 bridgehead atoms. The van der Waals surface area contributed by atoms with Gasteiger partial charge in [-0.05, 0) is 36.6 Å². The van der Waals surface area contributed by atoms with E-state index in [0.717, 1.165) is 18.4 Å². The summed E-state index contributed by atoms with van der Waals surface area (Å²) in [6.45, 7) is 0. The van der Waals surface area contributed by atoms with Gasteiger partial charge in [0.15, 0.2) is 0 Å². The van der Waals surface area contributed by atoms with E-state index in [1.165, 1.54) is 6.07 Å². The maximum absolute atomic E-state index is 13.6. The zero-order valence-corrected chi connectivity index (χ0v) is 8.89. The number of benzene rings is 1. The molecule has 0 heterocycles. The van der Waals surface area contributed by atoms with Crippen LogP contribution in [0.5, 0.6) is 0 Å². The van der Waals surface area contributed by atoms with Crippen LogP contribution in [0.4, 0.5) is 10.1 Å². The van der Waals surface area contributed by atoms with Crippen molar-refractivity contribution in [3.63, 3.8) is 0 Å². The third-order valence-electron chi connectivity index (χ3n) is 2.38. The lowest BCUT2D eigenvalue weighted by Gasteiger charge is -2.12. The van der Waals surface area contributed by atoms with Gasteiger partial charge in [-0.15, -0.1) is 0 Å². The Morgan fingerprint density at radius 2 is 1.93 bits per heavy atom. The predicted octanol–water partition coefficient (Wildman–Crippen LogP) is 3.71. The van der Waals surface area contributed by atoms with E-state index < -0.39 is 0 Å². The number of nitrogen functional groups attached to an aromatic ring is 1. The minimum absolute atomic E-state index is 0.324. The molecule has 1 nitrogen and oxygen atoms in total. The van der Waals surface area contributed by atoms with Gasteiger partial charge in [-0.1, -0.05) is 23.8 Å². The second-order valence-electron chi connectivity index (χ2n) is 3.49. The quantitative estimate of drug-likeness (QED) is 0.722. The molecular weight excluding hydrogens is 213 g/mol. The number of nitrogens with two attached hydrogens (primary N) is 1. The molecule has 3 heteroatoms. The Balaban J connectivity index is 2.46. The van der Waals surface area contributed by atoms with E-state index in [1.807, 2.05) is 12.2 Å². The van der Waals surface area contributed by atoms with Crippen LogP contribution in [0.15, 0.2) is 35.4 Å². The Kier molecular flexibility index (Phi) is 2.78. The van der Waals surface area contributed by atoms with Crippen molar-refractivity contribution in [1.29, 1.82) is 0 Å². The number of rotatable bonds is 1. The minimum atomic E-state index is -0.324. The molecule has 0 atom stereocenters. The zero-order valence-electron chi connectivity index (χ0n) is 8.13. The van der Waals surface area contributed by atoms with Gasteiger partial charge in [0, 0.05) is 16.3 Å². The highest BCUT2D eigenvalue weighted by Gasteiger charge is 2.13. The second kappa shape index (κ2) is 4.07. The molecule has 1 aliphatic carbocycles. The van der Waals surface area contributed by atoms with Crippen LogP contribution in [0.3, 0.4) is 0 Å². The van der Waals surface area contributed by atoms with Crippen LogP contribution in [0, 0.1) is 5.82 Å². The molecule has 0 amide bonds. The number of anilines is 1. The van der Waals surface area contributed by atoms with Crippen molar-refractivity contribution < 1.29 is 4.39 Å². The van der Waals surface area contributed by atoms with Crippen LogP contribution in [0.1, 0.15) is 18.4 Å². The molecule has 0 saturated heterocycles. The molecule has 1 aromatic carbocycles. The van der Waals surface area contributed by atoms with Gasteiger partial charge in [0.25, 0.3) is 0 Å². The minimum Gasteiger partial charge on any atom is -0.399 e. The first-order valence-electron chi connectivity index (χ1n) is 4.80. The summed E-state index contributed by atoms with van der Waals surface area (Å²) in [5.41, 5.74) is 7.19. The molecule has 1 aromatic rings. The Hall–Kier alpha value is -1.28. The van der Waals surface area contributed by atoms with E-state index in [-0.39, 0.29) is 5.82 Å². The van der Waals surface area contributed by atoms with Crippen LogP contribution >= 0.6 is 11.6 Å². The van der Waals surface area contributed by atoms with Gasteiger partial charge in [-0.25, -0.2) is 4.39 Å². The van der Waals surface area contributed by atoms with Crippen LogP contribution in [-0.4, -0.2) is 0 Å². The van der Waals surface area contributed by atoms with E-state index in [9.17, 15) is 4.39 Å². The summed E-state index contributed by atoms with van der Waals surface area (Å²) in [5.74, 6) is -0.324. The number of halogens is 2. The Morgan fingerprint density at radius 3 is 2.60 bits per heavy atom. The van der Waals surface area contributed by atoms with Gasteiger partial charge in [0.1, 0.15) is 5.82 Å². The van der Waals surface area contributed by atoms with Crippen LogP contribution in [0.25, 0.3) is 5.57 Å². The monoisotopic (exact) mass is 223 g/mol. The van der Waals surface area contributed by atoms with E-state index in [0.29, 0.717) is 16.3 Å². The van der Waals surface area contributed by atoms with Gasteiger partial charge in [0.05, 0.1) is 0 Å². The van der Waals surface area contributed by atoms with Crippen LogP contribution in [-0.2, 0) is 0 Å². The lowest BCUT2D eigenvalue weighted by molar-refractivity contribution is 0.625. The summed E-state index contributed by atoms with van der Waals surface area (Å²) >= 11 is 6.02. The molecule has 0 aliphatic heterocycles. The molecular formula is C12H11ClFN. The summed E-state index contributed by atoms with van der Waals surface area (Å²) in [4.78, 5) is 0. The Morgan fingerprint density at radius 1 is 1.20 bits per heavy atom. The molecule has 0 radical (unpaired) electrons. The molecule has 2 N–H and O–H groups in total. The van der Waals surface area contributed by atoms with Crippen molar-refractivity contribution in [2.45, 2.75) is 12.8 Å². The third-order valence-corrected chi connectivity index (χ3v) is 2.74. The first-order valence-corrected chi connectivity index (χ1v) is 5.18. The molecule has 0 unspecified atom stereocenters. The second-order valence-corrected chi connectivity index (χ2v) is 3.89. The van der Waals surface area contributed by atoms with Gasteiger partial charge < -0.3 is 5.73 Å². The van der Waals surface area contributed by atoms with Crippen LogP contribution < -0.4 is 5.73 Å². The van der Waals surface area contributed by atoms with Crippen molar-refractivity contribution in [3.05, 3.63) is 46.8 Å². The summed E-state index contributed by atoms with van der Waals surface area (Å²) < 4.78 is 13.6. The van der Waals surface area contributed by atoms with E-state index >= 15 is 0 Å². The summed E-state index contributed by atoms with van der Waals surface area (Å²) in [6.07, 6.45) is 5.68. The van der Waals surface area contributed by atoms with Crippen molar-refractivity contribution in [2.75, 3.05) is 5.73 Å². The van der Waals surface area contributed by atoms with E-state index in [4.69, 9.17) is 17.3 Å². The maximum Gasteiger partial charge on any atom is 0.133 e. The fraction of sp³-hybridized carbons (Fsp3) is 0.167. The van der Waals surface area contributed by atoms with E-state index in [2.05, 4.69) is 0 Å². The third kappa shape index (κ3) is 2.05. The summed E-state index contributed by atoms with van der Waals surface area (Å²) in [6, 6.07) is 4.66. The Labute approximate surface area is 93.0 Å². The average Bonchev–Trinajstić information content (AvgIpc) is 2.20. The number of hydrogen-bond acceptors (Lipinski definition) is 1. The van der Waals surface area contributed by atoms with Gasteiger partial charge in [0.2, 0.25) is 0 Å². The lowest BCUT2D eigenvalue weighted by Crippen LogP contribution is -1.95. The lowest BCUT2D eigenvalue weighted by atomic mass is 9.98. The van der Waals surface area contributed by atoms with Gasteiger partial charge in [-0.3, -0.25) is 0 Å². The molecule has 15 heavy (non-hydrogen) atoms. The van der Waals surface area contributed by atoms with Crippen molar-refractivity contribution in [3.8, 4) is 0 Å². The average molecular weight is 224 g/mol. The fourth-order valence-corrected chi connectivity index (χ4v) is 1.92. The van der Waals surface area contributed by atoms with Gasteiger partial charge in [-0.2, -0.15) is 0 Å². The first kappa shape index (κ1) is 10.2. The van der Waals surface area contributed by atoms with Crippen molar-refractivity contribution in [2.24, 2.45) is 0 Å². The normalized spacial score (nSPS) is 15.9. The highest BCUT2D eigenvalue weighted by atomic mass is 35.5. The van der Waals surface area contributed by atoms with Crippen LogP contribution in [0.2, 0.25) is 0 Å². The Bertz CT molecular complexity index is 449. The van der Waals surface area contributed by atoms with Crippen molar-refractivity contribution >= 4 is 22.9 Å². The maximum atomic E-state index is 13.6. The van der Waals surface area contributed by atoms with Crippen molar-refractivity contribution in [1.82, 2.24) is 0 Å². The largest absolute Gasteiger partial charge is 0.399 e. The van der Waals surface area contributed by atoms with Gasteiger partial charge >= 0.3 is 0 Å². The topological polar surface area (TPSA) is 26.0 Å². The molecule has 0 aromatic heterocycles. The molecule has 0 fully saturated rings. The highest BCUT2D eigenvalue weighted by Crippen LogP contribution is 2.32. The summed E-state index contributed by atoms with van der Waals surface area (Å²) in [5, 5.41) is 0.616. The first-order chi connectivity index (χ1) is 7.18. The molecule has 0 saturated carbocycles. The fourth-order valence-electron chi connectivity index (χ4n) is 1.63. The SMILES string of the molecule is Nc1ccc(C2=CCCC=C2Cl)c(F)c1. The predicted molar refractivity (Wildman–Crippen MR) is 62.0 cm³/mol. The van der Waals surface area contributed by atoms with E-state index in [1.54, 1.807) is 12.1 Å². The zero-order chi connectivity index (χ0) is 10.8. The molecule has 1 aliphatic rings.